The topological polar surface area (TPSA) is 63.9 Å². The Morgan fingerprint density at radius 3 is 1.44 bits per heavy atom. The first-order chi connectivity index (χ1) is 8.81. The zero-order valence-corrected chi connectivity index (χ0v) is 9.44. The summed E-state index contributed by atoms with van der Waals surface area (Å²) in [7, 11) is 0. The molecule has 0 amide bonds. The summed E-state index contributed by atoms with van der Waals surface area (Å²) in [6.07, 6.45) is 0. The van der Waals surface area contributed by atoms with Gasteiger partial charge >= 0.3 is 0 Å². The lowest BCUT2D eigenvalue weighted by Gasteiger charge is -2.06. The van der Waals surface area contributed by atoms with Gasteiger partial charge in [-0.2, -0.15) is 0 Å². The van der Waals surface area contributed by atoms with E-state index in [2.05, 4.69) is 0 Å². The van der Waals surface area contributed by atoms with Crippen molar-refractivity contribution in [3.63, 3.8) is 0 Å². The molecular formula is C14H10N2O2. The molecular weight excluding hydrogens is 228 g/mol. The number of rotatable bonds is 2. The molecule has 2 radical (unpaired) electrons. The van der Waals surface area contributed by atoms with E-state index >= 15 is 0 Å². The van der Waals surface area contributed by atoms with E-state index in [4.69, 9.17) is 0 Å². The van der Waals surface area contributed by atoms with Crippen LogP contribution in [0.15, 0.2) is 48.5 Å². The Bertz CT molecular complexity index is 663. The minimum atomic E-state index is 0.541. The Labute approximate surface area is 103 Å². The highest BCUT2D eigenvalue weighted by Crippen LogP contribution is 2.29. The summed E-state index contributed by atoms with van der Waals surface area (Å²) in [5, 5.41) is 25.4. The molecule has 0 aliphatic rings. The summed E-state index contributed by atoms with van der Waals surface area (Å²) < 4.78 is 0. The van der Waals surface area contributed by atoms with Crippen molar-refractivity contribution in [3.05, 3.63) is 48.5 Å². The van der Waals surface area contributed by atoms with Gasteiger partial charge in [0.25, 0.3) is 0 Å². The molecule has 3 aromatic carbocycles. The molecule has 3 rings (SSSR count). The van der Waals surface area contributed by atoms with E-state index in [-0.39, 0.29) is 0 Å². The molecule has 0 bridgehead atoms. The lowest BCUT2D eigenvalue weighted by atomic mass is 10.0. The molecule has 2 N–H and O–H groups in total. The van der Waals surface area contributed by atoms with Gasteiger partial charge in [-0.15, -0.1) is 0 Å². The minimum Gasteiger partial charge on any atom is -0.233 e. The van der Waals surface area contributed by atoms with Crippen LogP contribution in [0.1, 0.15) is 0 Å². The molecule has 0 aliphatic heterocycles. The van der Waals surface area contributed by atoms with Crippen LogP contribution in [-0.2, 0) is 10.4 Å². The van der Waals surface area contributed by atoms with Gasteiger partial charge in [-0.3, -0.25) is 0 Å². The first-order valence-corrected chi connectivity index (χ1v) is 5.54. The van der Waals surface area contributed by atoms with Crippen LogP contribution in [0.25, 0.3) is 21.5 Å². The van der Waals surface area contributed by atoms with Gasteiger partial charge in [-0.05, 0) is 45.8 Å². The predicted octanol–water partition coefficient (Wildman–Crippen LogP) is 3.51. The number of nitrogens with one attached hydrogen (secondary N) is 2. The van der Waals surface area contributed by atoms with Gasteiger partial charge in [0.15, 0.2) is 0 Å². The number of hydrogen-bond acceptors (Lipinski definition) is 2. The van der Waals surface area contributed by atoms with Crippen molar-refractivity contribution >= 4 is 32.9 Å². The van der Waals surface area contributed by atoms with E-state index in [1.54, 1.807) is 12.1 Å². The third kappa shape index (κ3) is 1.64. The molecule has 0 fully saturated rings. The fourth-order valence-corrected chi connectivity index (χ4v) is 2.20. The Hall–Kier alpha value is -2.30. The van der Waals surface area contributed by atoms with Crippen LogP contribution in [0.5, 0.6) is 0 Å². The van der Waals surface area contributed by atoms with Gasteiger partial charge < -0.3 is 0 Å². The largest absolute Gasteiger partial charge is 0.233 e. The highest BCUT2D eigenvalue weighted by Gasteiger charge is 2.02. The molecule has 0 unspecified atom stereocenters. The highest BCUT2D eigenvalue weighted by molar-refractivity contribution is 6.08. The molecule has 0 aliphatic carbocycles. The smallest absolute Gasteiger partial charge is 0.0642 e. The SMILES string of the molecule is [O]Nc1ccc2c(ccc3cc(N[O])ccc32)c1. The Morgan fingerprint density at radius 2 is 1.06 bits per heavy atom. The zero-order chi connectivity index (χ0) is 12.5. The first kappa shape index (κ1) is 10.8. The minimum absolute atomic E-state index is 0.541. The molecule has 0 saturated heterocycles. The van der Waals surface area contributed by atoms with Crippen molar-refractivity contribution in [1.82, 2.24) is 0 Å². The molecule has 88 valence electrons. The molecule has 0 saturated carbocycles. The van der Waals surface area contributed by atoms with Gasteiger partial charge in [0, 0.05) is 0 Å². The molecule has 18 heavy (non-hydrogen) atoms. The summed E-state index contributed by atoms with van der Waals surface area (Å²) in [6, 6.07) is 14.8. The van der Waals surface area contributed by atoms with E-state index in [1.807, 2.05) is 47.4 Å². The third-order valence-electron chi connectivity index (χ3n) is 3.07. The van der Waals surface area contributed by atoms with Gasteiger partial charge in [0.05, 0.1) is 11.4 Å². The average Bonchev–Trinajstić information content (AvgIpc) is 2.45. The monoisotopic (exact) mass is 238 g/mol. The van der Waals surface area contributed by atoms with E-state index in [0.29, 0.717) is 11.4 Å². The van der Waals surface area contributed by atoms with E-state index < -0.39 is 0 Å². The Kier molecular flexibility index (Phi) is 2.51. The summed E-state index contributed by atoms with van der Waals surface area (Å²) in [5.41, 5.74) is 4.85. The highest BCUT2D eigenvalue weighted by atomic mass is 16.5. The molecule has 0 aromatic heterocycles. The quantitative estimate of drug-likeness (QED) is 0.530. The summed E-state index contributed by atoms with van der Waals surface area (Å²) in [5.74, 6) is 0. The maximum Gasteiger partial charge on any atom is 0.0642 e. The lowest BCUT2D eigenvalue weighted by Crippen LogP contribution is -1.88. The molecule has 0 heterocycles. The van der Waals surface area contributed by atoms with Crippen molar-refractivity contribution in [2.24, 2.45) is 0 Å². The Balaban J connectivity index is 2.32. The van der Waals surface area contributed by atoms with Crippen LogP contribution in [0.3, 0.4) is 0 Å². The van der Waals surface area contributed by atoms with Crippen molar-refractivity contribution in [2.75, 3.05) is 11.0 Å². The Morgan fingerprint density at radius 1 is 0.611 bits per heavy atom. The van der Waals surface area contributed by atoms with Gasteiger partial charge in [-0.1, -0.05) is 34.7 Å². The molecule has 4 heteroatoms. The molecule has 4 nitrogen and oxygen atoms in total. The van der Waals surface area contributed by atoms with Crippen LogP contribution in [0.4, 0.5) is 11.4 Å². The normalized spacial score (nSPS) is 10.8. The standard InChI is InChI=1S/C14H10N2O2/c17-15-11-3-5-13-9(7-11)1-2-10-8-12(16-18)4-6-14(10)13/h1-8,15-16H. The second kappa shape index (κ2) is 4.18. The van der Waals surface area contributed by atoms with Crippen LogP contribution >= 0.6 is 0 Å². The maximum absolute atomic E-state index is 10.6. The number of anilines is 2. The predicted molar refractivity (Wildman–Crippen MR) is 70.1 cm³/mol. The average molecular weight is 238 g/mol. The number of hydrogen-bond donors (Lipinski definition) is 2. The van der Waals surface area contributed by atoms with Crippen LogP contribution < -0.4 is 11.0 Å². The van der Waals surface area contributed by atoms with Crippen molar-refractivity contribution in [1.29, 1.82) is 0 Å². The number of fused-ring (bicyclic) bond motifs is 3. The van der Waals surface area contributed by atoms with Crippen molar-refractivity contribution in [3.8, 4) is 0 Å². The molecule has 0 spiro atoms. The first-order valence-electron chi connectivity index (χ1n) is 5.54. The summed E-state index contributed by atoms with van der Waals surface area (Å²) in [6.45, 7) is 0. The maximum atomic E-state index is 10.6. The van der Waals surface area contributed by atoms with Gasteiger partial charge in [-0.25, -0.2) is 11.0 Å². The fraction of sp³-hybridized carbons (Fsp3) is 0. The molecule has 3 aromatic rings. The van der Waals surface area contributed by atoms with Crippen LogP contribution in [0.2, 0.25) is 0 Å². The summed E-state index contributed by atoms with van der Waals surface area (Å²) >= 11 is 0. The van der Waals surface area contributed by atoms with Crippen molar-refractivity contribution < 1.29 is 10.4 Å². The van der Waals surface area contributed by atoms with E-state index in [1.165, 1.54) is 0 Å². The number of benzene rings is 3. The van der Waals surface area contributed by atoms with Gasteiger partial charge in [0.2, 0.25) is 0 Å². The molecule has 0 atom stereocenters. The van der Waals surface area contributed by atoms with E-state index in [0.717, 1.165) is 21.5 Å². The van der Waals surface area contributed by atoms with Crippen LogP contribution in [-0.4, -0.2) is 0 Å². The lowest BCUT2D eigenvalue weighted by molar-refractivity contribution is 0.274. The third-order valence-corrected chi connectivity index (χ3v) is 3.07. The second-order valence-corrected chi connectivity index (χ2v) is 4.14. The fourth-order valence-electron chi connectivity index (χ4n) is 2.20. The van der Waals surface area contributed by atoms with E-state index in [9.17, 15) is 10.4 Å². The second-order valence-electron chi connectivity index (χ2n) is 4.14. The zero-order valence-electron chi connectivity index (χ0n) is 9.44. The van der Waals surface area contributed by atoms with Crippen LogP contribution in [0, 0.1) is 0 Å². The van der Waals surface area contributed by atoms with Gasteiger partial charge in [0.1, 0.15) is 0 Å². The summed E-state index contributed by atoms with van der Waals surface area (Å²) in [4.78, 5) is 0. The van der Waals surface area contributed by atoms with Crippen molar-refractivity contribution in [2.45, 2.75) is 0 Å².